The fraction of sp³-hybridized carbons (Fsp3) is 0.207. The molecule has 0 unspecified atom stereocenters. The summed E-state index contributed by atoms with van der Waals surface area (Å²) < 4.78 is 27.0. The SMILES string of the molecule is CCO[C@H](Cc1ccc(OCCn2c(-c3ccccc3)ccc2-c2ccc(F)cc2)cc1)C(=O)O. The first-order valence-corrected chi connectivity index (χ1v) is 11.6. The summed E-state index contributed by atoms with van der Waals surface area (Å²) in [5.41, 5.74) is 4.93. The van der Waals surface area contributed by atoms with Gasteiger partial charge in [-0.2, -0.15) is 0 Å². The summed E-state index contributed by atoms with van der Waals surface area (Å²) in [6, 6.07) is 28.1. The molecule has 0 fully saturated rings. The Bertz CT molecular complexity index is 1230. The lowest BCUT2D eigenvalue weighted by Crippen LogP contribution is -2.26. The number of rotatable bonds is 11. The van der Waals surface area contributed by atoms with Crippen LogP contribution in [0.2, 0.25) is 0 Å². The van der Waals surface area contributed by atoms with Crippen molar-refractivity contribution in [3.8, 4) is 28.3 Å². The van der Waals surface area contributed by atoms with Gasteiger partial charge in [0.1, 0.15) is 18.2 Å². The zero-order valence-electron chi connectivity index (χ0n) is 19.6. The molecule has 3 aromatic carbocycles. The number of hydrogen-bond donors (Lipinski definition) is 1. The molecule has 4 aromatic rings. The van der Waals surface area contributed by atoms with Gasteiger partial charge in [0, 0.05) is 24.4 Å². The summed E-state index contributed by atoms with van der Waals surface area (Å²) in [5, 5.41) is 9.28. The van der Waals surface area contributed by atoms with Gasteiger partial charge >= 0.3 is 5.97 Å². The lowest BCUT2D eigenvalue weighted by molar-refractivity contribution is -0.149. The molecule has 0 radical (unpaired) electrons. The van der Waals surface area contributed by atoms with Crippen molar-refractivity contribution in [1.29, 1.82) is 0 Å². The predicted molar refractivity (Wildman–Crippen MR) is 134 cm³/mol. The number of ether oxygens (including phenoxy) is 2. The lowest BCUT2D eigenvalue weighted by Gasteiger charge is -2.16. The molecule has 0 aliphatic heterocycles. The van der Waals surface area contributed by atoms with Gasteiger partial charge in [-0.1, -0.05) is 42.5 Å². The molecule has 5 nitrogen and oxygen atoms in total. The molecule has 1 atom stereocenters. The molecule has 0 spiro atoms. The van der Waals surface area contributed by atoms with E-state index >= 15 is 0 Å². The summed E-state index contributed by atoms with van der Waals surface area (Å²) in [5.74, 6) is -0.531. The second kappa shape index (κ2) is 11.5. The van der Waals surface area contributed by atoms with Crippen LogP contribution < -0.4 is 4.74 Å². The molecule has 180 valence electrons. The van der Waals surface area contributed by atoms with Crippen LogP contribution in [-0.2, 0) is 22.5 Å². The molecule has 4 rings (SSSR count). The molecule has 1 aromatic heterocycles. The smallest absolute Gasteiger partial charge is 0.333 e. The van der Waals surface area contributed by atoms with Crippen LogP contribution in [0.25, 0.3) is 22.5 Å². The molecule has 1 N–H and O–H groups in total. The van der Waals surface area contributed by atoms with Gasteiger partial charge in [-0.25, -0.2) is 9.18 Å². The Kier molecular flexibility index (Phi) is 7.95. The van der Waals surface area contributed by atoms with Crippen LogP contribution in [0.3, 0.4) is 0 Å². The van der Waals surface area contributed by atoms with Crippen molar-refractivity contribution < 1.29 is 23.8 Å². The van der Waals surface area contributed by atoms with Crippen molar-refractivity contribution in [2.75, 3.05) is 13.2 Å². The maximum atomic E-state index is 13.5. The van der Waals surface area contributed by atoms with E-state index in [1.165, 1.54) is 12.1 Å². The van der Waals surface area contributed by atoms with E-state index in [1.54, 1.807) is 19.1 Å². The van der Waals surface area contributed by atoms with Crippen LogP contribution in [0.5, 0.6) is 5.75 Å². The third-order valence-corrected chi connectivity index (χ3v) is 5.76. The first-order chi connectivity index (χ1) is 17.0. The summed E-state index contributed by atoms with van der Waals surface area (Å²) in [6.07, 6.45) is -0.560. The molecule has 0 bridgehead atoms. The Balaban J connectivity index is 1.47. The van der Waals surface area contributed by atoms with E-state index in [0.717, 1.165) is 28.1 Å². The quantitative estimate of drug-likeness (QED) is 0.287. The second-order valence-electron chi connectivity index (χ2n) is 8.11. The largest absolute Gasteiger partial charge is 0.492 e. The zero-order chi connectivity index (χ0) is 24.6. The average Bonchev–Trinajstić information content (AvgIpc) is 3.29. The minimum absolute atomic E-state index is 0.266. The Morgan fingerprint density at radius 3 is 2.11 bits per heavy atom. The lowest BCUT2D eigenvalue weighted by atomic mass is 10.1. The normalized spacial score (nSPS) is 11.8. The van der Waals surface area contributed by atoms with Crippen molar-refractivity contribution in [1.82, 2.24) is 4.57 Å². The van der Waals surface area contributed by atoms with E-state index in [0.29, 0.717) is 31.9 Å². The van der Waals surface area contributed by atoms with Gasteiger partial charge in [-0.15, -0.1) is 0 Å². The minimum Gasteiger partial charge on any atom is -0.492 e. The van der Waals surface area contributed by atoms with Gasteiger partial charge in [-0.3, -0.25) is 0 Å². The van der Waals surface area contributed by atoms with Crippen LogP contribution in [0, 0.1) is 5.82 Å². The molecule has 6 heteroatoms. The Labute approximate surface area is 204 Å². The zero-order valence-corrected chi connectivity index (χ0v) is 19.6. The molecule has 0 aliphatic rings. The molecule has 1 heterocycles. The van der Waals surface area contributed by atoms with Gasteiger partial charge in [0.2, 0.25) is 0 Å². The summed E-state index contributed by atoms with van der Waals surface area (Å²) >= 11 is 0. The van der Waals surface area contributed by atoms with Crippen LogP contribution in [0.15, 0.2) is 91.0 Å². The van der Waals surface area contributed by atoms with E-state index in [2.05, 4.69) is 22.8 Å². The van der Waals surface area contributed by atoms with Crippen molar-refractivity contribution in [3.05, 3.63) is 102 Å². The van der Waals surface area contributed by atoms with Crippen molar-refractivity contribution in [2.24, 2.45) is 0 Å². The maximum Gasteiger partial charge on any atom is 0.333 e. The van der Waals surface area contributed by atoms with Crippen molar-refractivity contribution in [3.63, 3.8) is 0 Å². The van der Waals surface area contributed by atoms with E-state index in [-0.39, 0.29) is 5.82 Å². The van der Waals surface area contributed by atoms with Crippen LogP contribution in [0.4, 0.5) is 4.39 Å². The number of benzene rings is 3. The van der Waals surface area contributed by atoms with Gasteiger partial charge in [-0.05, 0) is 72.1 Å². The Morgan fingerprint density at radius 2 is 1.51 bits per heavy atom. The highest BCUT2D eigenvalue weighted by Crippen LogP contribution is 2.29. The standard InChI is InChI=1S/C29H28FNO4/c1-2-34-28(29(32)33)20-21-8-14-25(15-9-21)35-19-18-31-26(22-6-4-3-5-7-22)16-17-27(31)23-10-12-24(30)13-11-23/h3-17,28H,2,18-20H2,1H3,(H,32,33)/t28-/m1/s1. The highest BCUT2D eigenvalue weighted by Gasteiger charge is 2.18. The highest BCUT2D eigenvalue weighted by atomic mass is 19.1. The van der Waals surface area contributed by atoms with Crippen LogP contribution >= 0.6 is 0 Å². The van der Waals surface area contributed by atoms with Gasteiger partial charge in [0.25, 0.3) is 0 Å². The van der Waals surface area contributed by atoms with Crippen molar-refractivity contribution in [2.45, 2.75) is 26.0 Å². The van der Waals surface area contributed by atoms with E-state index < -0.39 is 12.1 Å². The first-order valence-electron chi connectivity index (χ1n) is 11.6. The van der Waals surface area contributed by atoms with Gasteiger partial charge in [0.15, 0.2) is 6.10 Å². The maximum absolute atomic E-state index is 13.5. The number of halogens is 1. The number of aliphatic carboxylic acids is 1. The highest BCUT2D eigenvalue weighted by molar-refractivity contribution is 5.72. The number of nitrogens with zero attached hydrogens (tertiary/aromatic N) is 1. The second-order valence-corrected chi connectivity index (χ2v) is 8.11. The third-order valence-electron chi connectivity index (χ3n) is 5.76. The summed E-state index contributed by atoms with van der Waals surface area (Å²) in [6.45, 7) is 3.15. The molecular formula is C29H28FNO4. The Hall–Kier alpha value is -3.90. The molecule has 35 heavy (non-hydrogen) atoms. The molecule has 0 saturated carbocycles. The number of hydrogen-bond acceptors (Lipinski definition) is 3. The molecule has 0 aliphatic carbocycles. The van der Waals surface area contributed by atoms with E-state index in [9.17, 15) is 14.3 Å². The fourth-order valence-electron chi connectivity index (χ4n) is 4.05. The number of aromatic nitrogens is 1. The van der Waals surface area contributed by atoms with Crippen LogP contribution in [-0.4, -0.2) is 35.0 Å². The Morgan fingerprint density at radius 1 is 0.886 bits per heavy atom. The molecule has 0 amide bonds. The average molecular weight is 474 g/mol. The number of carboxylic acid groups (broad SMARTS) is 1. The third kappa shape index (κ3) is 6.16. The number of carboxylic acids is 1. The first kappa shape index (κ1) is 24.2. The molecule has 0 saturated heterocycles. The minimum atomic E-state index is -0.968. The van der Waals surface area contributed by atoms with E-state index in [4.69, 9.17) is 9.47 Å². The molecular weight excluding hydrogens is 445 g/mol. The van der Waals surface area contributed by atoms with Gasteiger partial charge < -0.3 is 19.1 Å². The number of carbonyl (C=O) groups is 1. The van der Waals surface area contributed by atoms with E-state index in [1.807, 2.05) is 48.5 Å². The van der Waals surface area contributed by atoms with Crippen LogP contribution in [0.1, 0.15) is 12.5 Å². The fourth-order valence-corrected chi connectivity index (χ4v) is 4.05. The predicted octanol–water partition coefficient (Wildman–Crippen LogP) is 6.07. The monoisotopic (exact) mass is 473 g/mol. The van der Waals surface area contributed by atoms with Gasteiger partial charge in [0.05, 0.1) is 6.54 Å². The topological polar surface area (TPSA) is 60.7 Å². The summed E-state index contributed by atoms with van der Waals surface area (Å²) in [4.78, 5) is 11.3. The summed E-state index contributed by atoms with van der Waals surface area (Å²) in [7, 11) is 0. The van der Waals surface area contributed by atoms with Crippen molar-refractivity contribution >= 4 is 5.97 Å².